The molecule has 0 aromatic carbocycles. The smallest absolute Gasteiger partial charge is 0.129 e. The minimum Gasteiger partial charge on any atom is -0.393 e. The van der Waals surface area contributed by atoms with Gasteiger partial charge in [-0.15, -0.1) is 0 Å². The number of aromatic nitrogens is 1. The Morgan fingerprint density at radius 2 is 2.00 bits per heavy atom. The third-order valence-corrected chi connectivity index (χ3v) is 3.32. The zero-order valence-electron chi connectivity index (χ0n) is 9.41. The molecule has 0 saturated heterocycles. The molecular weight excluding hydrogens is 224 g/mol. The minimum absolute atomic E-state index is 0.109. The summed E-state index contributed by atoms with van der Waals surface area (Å²) in [6.45, 7) is 1.95. The highest BCUT2D eigenvalue weighted by Gasteiger charge is 2.19. The Labute approximate surface area is 101 Å². The fraction of sp³-hybridized carbons (Fsp3) is 0.583. The number of nitrogens with zero attached hydrogens (tertiary/aromatic N) is 1. The van der Waals surface area contributed by atoms with Gasteiger partial charge >= 0.3 is 0 Å². The van der Waals surface area contributed by atoms with Crippen LogP contribution in [0, 0.1) is 6.92 Å². The molecule has 3 nitrogen and oxygen atoms in total. The zero-order valence-corrected chi connectivity index (χ0v) is 10.2. The lowest BCUT2D eigenvalue weighted by Gasteiger charge is -2.27. The average Bonchev–Trinajstić information content (AvgIpc) is 2.25. The summed E-state index contributed by atoms with van der Waals surface area (Å²) in [7, 11) is 0. The third-order valence-electron chi connectivity index (χ3n) is 3.11. The first-order chi connectivity index (χ1) is 7.65. The topological polar surface area (TPSA) is 45.2 Å². The van der Waals surface area contributed by atoms with E-state index in [4.69, 9.17) is 11.6 Å². The van der Waals surface area contributed by atoms with E-state index in [2.05, 4.69) is 10.3 Å². The van der Waals surface area contributed by atoms with Crippen LogP contribution in [0.25, 0.3) is 0 Å². The van der Waals surface area contributed by atoms with Crippen LogP contribution in [0.2, 0.25) is 5.15 Å². The second-order valence-electron chi connectivity index (χ2n) is 4.42. The maximum Gasteiger partial charge on any atom is 0.129 e. The van der Waals surface area contributed by atoms with Crippen LogP contribution in [-0.2, 0) is 0 Å². The predicted octanol–water partition coefficient (Wildman–Crippen LogP) is 2.76. The molecule has 0 amide bonds. The van der Waals surface area contributed by atoms with Crippen molar-refractivity contribution in [1.29, 1.82) is 0 Å². The first-order valence-electron chi connectivity index (χ1n) is 5.73. The number of aliphatic hydroxyl groups is 1. The van der Waals surface area contributed by atoms with Crippen molar-refractivity contribution in [2.24, 2.45) is 0 Å². The lowest BCUT2D eigenvalue weighted by molar-refractivity contribution is 0.126. The molecule has 88 valence electrons. The van der Waals surface area contributed by atoms with Gasteiger partial charge in [0.1, 0.15) is 5.15 Å². The van der Waals surface area contributed by atoms with Crippen molar-refractivity contribution >= 4 is 17.3 Å². The Kier molecular flexibility index (Phi) is 3.66. The normalized spacial score (nSPS) is 25.4. The van der Waals surface area contributed by atoms with Crippen molar-refractivity contribution in [3.05, 3.63) is 23.0 Å². The van der Waals surface area contributed by atoms with Crippen molar-refractivity contribution in [2.45, 2.75) is 44.8 Å². The number of hydrogen-bond donors (Lipinski definition) is 2. The lowest BCUT2D eigenvalue weighted by Crippen LogP contribution is -2.28. The Balaban J connectivity index is 1.98. The largest absolute Gasteiger partial charge is 0.393 e. The highest BCUT2D eigenvalue weighted by molar-refractivity contribution is 6.29. The molecular formula is C12H17ClN2O. The number of aryl methyl sites for hydroxylation is 1. The Hall–Kier alpha value is -0.800. The molecule has 16 heavy (non-hydrogen) atoms. The summed E-state index contributed by atoms with van der Waals surface area (Å²) in [6.07, 6.45) is 3.70. The molecule has 2 rings (SSSR count). The van der Waals surface area contributed by atoms with Gasteiger partial charge in [-0.3, -0.25) is 0 Å². The van der Waals surface area contributed by atoms with Gasteiger partial charge in [0.25, 0.3) is 0 Å². The molecule has 1 aliphatic carbocycles. The second kappa shape index (κ2) is 5.02. The van der Waals surface area contributed by atoms with Gasteiger partial charge in [0, 0.05) is 6.04 Å². The van der Waals surface area contributed by atoms with Crippen LogP contribution in [0.1, 0.15) is 31.4 Å². The summed E-state index contributed by atoms with van der Waals surface area (Å²) in [5, 5.41) is 13.4. The molecule has 0 bridgehead atoms. The summed E-state index contributed by atoms with van der Waals surface area (Å²) in [5.74, 6) is 0. The second-order valence-corrected chi connectivity index (χ2v) is 4.80. The van der Waals surface area contributed by atoms with Crippen LogP contribution >= 0.6 is 11.6 Å². The number of rotatable bonds is 2. The first-order valence-corrected chi connectivity index (χ1v) is 6.10. The molecule has 0 radical (unpaired) electrons. The van der Waals surface area contributed by atoms with Crippen molar-refractivity contribution < 1.29 is 5.11 Å². The number of hydrogen-bond acceptors (Lipinski definition) is 3. The number of pyridine rings is 1. The van der Waals surface area contributed by atoms with Crippen molar-refractivity contribution in [2.75, 3.05) is 5.32 Å². The molecule has 1 aromatic heterocycles. The summed E-state index contributed by atoms with van der Waals surface area (Å²) < 4.78 is 0. The fourth-order valence-electron chi connectivity index (χ4n) is 2.12. The molecule has 0 spiro atoms. The maximum absolute atomic E-state index is 9.43. The van der Waals surface area contributed by atoms with Crippen LogP contribution < -0.4 is 5.32 Å². The lowest BCUT2D eigenvalue weighted by atomic mass is 9.93. The van der Waals surface area contributed by atoms with Crippen LogP contribution in [0.15, 0.2) is 12.1 Å². The van der Waals surface area contributed by atoms with Crippen LogP contribution in [0.5, 0.6) is 0 Å². The van der Waals surface area contributed by atoms with Crippen LogP contribution in [0.3, 0.4) is 0 Å². The summed E-state index contributed by atoms with van der Waals surface area (Å²) in [5.41, 5.74) is 1.98. The standard InChI is InChI=1S/C12H17ClN2O/c1-8-11(6-7-12(13)14-8)15-9-2-4-10(16)5-3-9/h6-7,9-10,15-16H,2-5H2,1H3. The highest BCUT2D eigenvalue weighted by atomic mass is 35.5. The van der Waals surface area contributed by atoms with Crippen molar-refractivity contribution in [1.82, 2.24) is 4.98 Å². The van der Waals surface area contributed by atoms with E-state index >= 15 is 0 Å². The first kappa shape index (κ1) is 11.7. The van der Waals surface area contributed by atoms with Gasteiger partial charge in [-0.05, 0) is 44.7 Å². The van der Waals surface area contributed by atoms with E-state index in [0.717, 1.165) is 37.1 Å². The molecule has 4 heteroatoms. The SMILES string of the molecule is Cc1nc(Cl)ccc1NC1CCC(O)CC1. The monoisotopic (exact) mass is 240 g/mol. The summed E-state index contributed by atoms with van der Waals surface area (Å²) in [6, 6.07) is 4.22. The van der Waals surface area contributed by atoms with E-state index < -0.39 is 0 Å². The molecule has 2 N–H and O–H groups in total. The molecule has 0 atom stereocenters. The van der Waals surface area contributed by atoms with E-state index in [0.29, 0.717) is 11.2 Å². The quantitative estimate of drug-likeness (QED) is 0.782. The van der Waals surface area contributed by atoms with Gasteiger partial charge in [0.15, 0.2) is 0 Å². The molecule has 0 unspecified atom stereocenters. The van der Waals surface area contributed by atoms with Crippen LogP contribution in [-0.4, -0.2) is 22.2 Å². The van der Waals surface area contributed by atoms with Crippen molar-refractivity contribution in [3.8, 4) is 0 Å². The number of aliphatic hydroxyl groups excluding tert-OH is 1. The Morgan fingerprint density at radius 1 is 1.31 bits per heavy atom. The average molecular weight is 241 g/mol. The van der Waals surface area contributed by atoms with Gasteiger partial charge in [-0.25, -0.2) is 4.98 Å². The molecule has 0 aliphatic heterocycles. The highest BCUT2D eigenvalue weighted by Crippen LogP contribution is 2.24. The molecule has 1 aliphatic rings. The van der Waals surface area contributed by atoms with E-state index in [1.165, 1.54) is 0 Å². The summed E-state index contributed by atoms with van der Waals surface area (Å²) in [4.78, 5) is 4.21. The third kappa shape index (κ3) is 2.86. The molecule has 1 fully saturated rings. The van der Waals surface area contributed by atoms with Gasteiger partial charge in [-0.1, -0.05) is 11.6 Å². The molecule has 1 saturated carbocycles. The Bertz CT molecular complexity index is 362. The van der Waals surface area contributed by atoms with Crippen LogP contribution in [0.4, 0.5) is 5.69 Å². The predicted molar refractivity (Wildman–Crippen MR) is 65.9 cm³/mol. The van der Waals surface area contributed by atoms with Gasteiger partial charge in [0.05, 0.1) is 17.5 Å². The van der Waals surface area contributed by atoms with Gasteiger partial charge in [0.2, 0.25) is 0 Å². The number of nitrogens with one attached hydrogen (secondary N) is 1. The number of anilines is 1. The Morgan fingerprint density at radius 3 is 2.62 bits per heavy atom. The minimum atomic E-state index is -0.109. The maximum atomic E-state index is 9.43. The van der Waals surface area contributed by atoms with E-state index in [1.54, 1.807) is 6.07 Å². The number of halogens is 1. The summed E-state index contributed by atoms with van der Waals surface area (Å²) >= 11 is 5.81. The van der Waals surface area contributed by atoms with Gasteiger partial charge in [-0.2, -0.15) is 0 Å². The van der Waals surface area contributed by atoms with E-state index in [9.17, 15) is 5.11 Å². The zero-order chi connectivity index (χ0) is 11.5. The van der Waals surface area contributed by atoms with Crippen molar-refractivity contribution in [3.63, 3.8) is 0 Å². The van der Waals surface area contributed by atoms with Gasteiger partial charge < -0.3 is 10.4 Å². The van der Waals surface area contributed by atoms with E-state index in [1.807, 2.05) is 13.0 Å². The fourth-order valence-corrected chi connectivity index (χ4v) is 2.31. The molecule has 1 heterocycles. The van der Waals surface area contributed by atoms with E-state index in [-0.39, 0.29) is 6.10 Å². The molecule has 1 aromatic rings.